The van der Waals surface area contributed by atoms with Crippen molar-refractivity contribution < 1.29 is 14.5 Å². The van der Waals surface area contributed by atoms with Crippen LogP contribution in [0.2, 0.25) is 0 Å². The molecule has 0 aliphatic carbocycles. The van der Waals surface area contributed by atoms with Gasteiger partial charge in [-0.15, -0.1) is 0 Å². The Labute approximate surface area is 241 Å². The first-order valence-corrected chi connectivity index (χ1v) is 15.5. The molecule has 6 heteroatoms. The van der Waals surface area contributed by atoms with Gasteiger partial charge in [0.15, 0.2) is 0 Å². The second kappa shape index (κ2) is 12.0. The van der Waals surface area contributed by atoms with Gasteiger partial charge in [-0.2, -0.15) is 0 Å². The van der Waals surface area contributed by atoms with E-state index >= 15 is 0 Å². The summed E-state index contributed by atoms with van der Waals surface area (Å²) in [5.41, 5.74) is 4.91. The molecule has 40 heavy (non-hydrogen) atoms. The van der Waals surface area contributed by atoms with Crippen LogP contribution in [0.1, 0.15) is 59.2 Å². The number of para-hydroxylation sites is 1. The van der Waals surface area contributed by atoms with Crippen LogP contribution in [0.25, 0.3) is 6.08 Å². The fourth-order valence-corrected chi connectivity index (χ4v) is 7.40. The lowest BCUT2D eigenvalue weighted by atomic mass is 9.99. The molecule has 3 aliphatic rings. The lowest BCUT2D eigenvalue weighted by Crippen LogP contribution is -3.16. The van der Waals surface area contributed by atoms with E-state index in [4.69, 9.17) is 0 Å². The van der Waals surface area contributed by atoms with Crippen molar-refractivity contribution in [3.05, 3.63) is 100.0 Å². The van der Waals surface area contributed by atoms with E-state index in [-0.39, 0.29) is 11.8 Å². The monoisotopic (exact) mass is 552 g/mol. The Morgan fingerprint density at radius 3 is 2.38 bits per heavy atom. The number of hydrogen-bond donors (Lipinski definition) is 1. The predicted octanol–water partition coefficient (Wildman–Crippen LogP) is 5.35. The Bertz CT molecular complexity index is 1400. The minimum atomic E-state index is 0.00538. The Hall–Kier alpha value is -3.35. The average molecular weight is 553 g/mol. The topological polar surface area (TPSA) is 45.1 Å². The van der Waals surface area contributed by atoms with Gasteiger partial charge < -0.3 is 14.7 Å². The first-order valence-electron chi connectivity index (χ1n) is 14.7. The molecular weight excluding hydrogens is 514 g/mol. The summed E-state index contributed by atoms with van der Waals surface area (Å²) in [6, 6.07) is 24.8. The highest BCUT2D eigenvalue weighted by Gasteiger charge is 2.31. The summed E-state index contributed by atoms with van der Waals surface area (Å²) >= 11 is 1.52. The molecule has 2 fully saturated rings. The van der Waals surface area contributed by atoms with Crippen molar-refractivity contribution in [2.24, 2.45) is 0 Å². The minimum Gasteiger partial charge on any atom is -0.338 e. The van der Waals surface area contributed by atoms with E-state index in [1.54, 1.807) is 4.90 Å². The van der Waals surface area contributed by atoms with Crippen LogP contribution in [0.15, 0.2) is 82.6 Å². The Kier molecular flexibility index (Phi) is 8.08. The Morgan fingerprint density at radius 2 is 1.62 bits per heavy atom. The average Bonchev–Trinajstić information content (AvgIpc) is 3.01. The fraction of sp³-hybridized carbons (Fsp3) is 0.353. The molecule has 3 aromatic rings. The van der Waals surface area contributed by atoms with Crippen LogP contribution in [0.3, 0.4) is 0 Å². The second-order valence-corrected chi connectivity index (χ2v) is 12.4. The number of likely N-dealkylation sites (tertiary alicyclic amines) is 2. The van der Waals surface area contributed by atoms with Crippen LogP contribution in [0, 0.1) is 6.92 Å². The molecule has 0 saturated carbocycles. The Balaban J connectivity index is 1.15. The van der Waals surface area contributed by atoms with Crippen molar-refractivity contribution in [1.29, 1.82) is 0 Å². The maximum atomic E-state index is 13.7. The summed E-state index contributed by atoms with van der Waals surface area (Å²) in [5.74, 6) is 0.124. The van der Waals surface area contributed by atoms with E-state index in [1.807, 2.05) is 70.5 Å². The molecule has 5 nitrogen and oxygen atoms in total. The number of benzene rings is 3. The van der Waals surface area contributed by atoms with Crippen molar-refractivity contribution in [3.8, 4) is 0 Å². The van der Waals surface area contributed by atoms with Gasteiger partial charge in [-0.1, -0.05) is 60.3 Å². The van der Waals surface area contributed by atoms with Gasteiger partial charge in [-0.3, -0.25) is 9.59 Å². The van der Waals surface area contributed by atoms with Gasteiger partial charge in [0.25, 0.3) is 11.8 Å². The van der Waals surface area contributed by atoms with Crippen molar-refractivity contribution in [2.75, 3.05) is 31.1 Å². The summed E-state index contributed by atoms with van der Waals surface area (Å²) in [6.45, 7) is 6.91. The molecule has 0 unspecified atom stereocenters. The highest BCUT2D eigenvalue weighted by molar-refractivity contribution is 8.04. The van der Waals surface area contributed by atoms with Crippen LogP contribution >= 0.6 is 11.8 Å². The van der Waals surface area contributed by atoms with Crippen molar-refractivity contribution in [1.82, 2.24) is 4.90 Å². The number of hydrogen-bond acceptors (Lipinski definition) is 3. The van der Waals surface area contributed by atoms with Gasteiger partial charge in [0.1, 0.15) is 0 Å². The summed E-state index contributed by atoms with van der Waals surface area (Å²) in [5, 5.41) is 0. The van der Waals surface area contributed by atoms with Gasteiger partial charge >= 0.3 is 0 Å². The highest BCUT2D eigenvalue weighted by atomic mass is 32.2. The summed E-state index contributed by atoms with van der Waals surface area (Å²) in [4.78, 5) is 34.4. The lowest BCUT2D eigenvalue weighted by Gasteiger charge is -2.37. The lowest BCUT2D eigenvalue weighted by molar-refractivity contribution is -0.931. The summed E-state index contributed by atoms with van der Waals surface area (Å²) < 4.78 is 0. The summed E-state index contributed by atoms with van der Waals surface area (Å²) in [7, 11) is 0. The third-order valence-corrected chi connectivity index (χ3v) is 9.81. The van der Waals surface area contributed by atoms with Gasteiger partial charge in [-0.25, -0.2) is 0 Å². The Morgan fingerprint density at radius 1 is 0.925 bits per heavy atom. The smallest absolute Gasteiger partial charge is 0.265 e. The molecule has 6 rings (SSSR count). The molecule has 3 aromatic carbocycles. The number of carbonyl (C=O) groups is 2. The number of nitrogens with zero attached hydrogens (tertiary/aromatic N) is 2. The standard InChI is InChI=1S/C34H37N3O2S/c1-25-9-3-4-10-28(25)24-37-30-11-5-6-12-31(30)40-32(34(37)39)23-26-13-15-27(16-14-26)33(38)36-21-17-29(18-22-36)35-19-7-2-8-20-35/h3-6,9-16,23,29H,2,7-8,17-22,24H2,1H3/p+1. The molecule has 3 heterocycles. The zero-order chi connectivity index (χ0) is 27.5. The number of aryl methyl sites for hydroxylation is 1. The molecule has 206 valence electrons. The van der Waals surface area contributed by atoms with E-state index in [9.17, 15) is 9.59 Å². The SMILES string of the molecule is Cc1ccccc1CN1C(=O)C(=Cc2ccc(C(=O)N3CCC([NH+]4CCCCC4)CC3)cc2)Sc2ccccc21. The molecule has 0 radical (unpaired) electrons. The number of quaternary nitrogens is 1. The zero-order valence-corrected chi connectivity index (χ0v) is 24.1. The van der Waals surface area contributed by atoms with Crippen LogP contribution in [-0.4, -0.2) is 48.9 Å². The van der Waals surface area contributed by atoms with Crippen LogP contribution in [0.4, 0.5) is 5.69 Å². The number of fused-ring (bicyclic) bond motifs is 1. The third kappa shape index (κ3) is 5.74. The fourth-order valence-electron chi connectivity index (χ4n) is 6.34. The maximum absolute atomic E-state index is 13.7. The van der Waals surface area contributed by atoms with E-state index in [1.165, 1.54) is 49.7 Å². The zero-order valence-electron chi connectivity index (χ0n) is 23.3. The quantitative estimate of drug-likeness (QED) is 0.434. The van der Waals surface area contributed by atoms with Gasteiger partial charge in [-0.05, 0) is 73.2 Å². The number of anilines is 1. The number of amides is 2. The maximum Gasteiger partial charge on any atom is 0.265 e. The van der Waals surface area contributed by atoms with Gasteiger partial charge in [0.05, 0.1) is 36.3 Å². The van der Waals surface area contributed by atoms with Gasteiger partial charge in [0, 0.05) is 36.4 Å². The predicted molar refractivity (Wildman–Crippen MR) is 163 cm³/mol. The molecule has 0 bridgehead atoms. The number of thioether (sulfide) groups is 1. The van der Waals surface area contributed by atoms with E-state index in [0.29, 0.717) is 17.5 Å². The van der Waals surface area contributed by atoms with Crippen molar-refractivity contribution in [3.63, 3.8) is 0 Å². The number of rotatable bonds is 5. The summed E-state index contributed by atoms with van der Waals surface area (Å²) in [6.07, 6.45) is 8.22. The molecule has 0 atom stereocenters. The molecule has 3 aliphatic heterocycles. The van der Waals surface area contributed by atoms with Crippen molar-refractivity contribution in [2.45, 2.75) is 56.5 Å². The molecule has 2 saturated heterocycles. The number of carbonyl (C=O) groups excluding carboxylic acids is 2. The molecular formula is C34H38N3O2S+. The third-order valence-electron chi connectivity index (χ3n) is 8.73. The van der Waals surface area contributed by atoms with E-state index in [0.717, 1.165) is 53.2 Å². The van der Waals surface area contributed by atoms with Crippen LogP contribution in [-0.2, 0) is 11.3 Å². The number of piperidine rings is 2. The second-order valence-electron chi connectivity index (χ2n) is 11.3. The normalized spacial score (nSPS) is 19.6. The van der Waals surface area contributed by atoms with Crippen molar-refractivity contribution >= 4 is 35.3 Å². The van der Waals surface area contributed by atoms with Crippen LogP contribution in [0.5, 0.6) is 0 Å². The molecule has 0 spiro atoms. The highest BCUT2D eigenvalue weighted by Crippen LogP contribution is 2.42. The van der Waals surface area contributed by atoms with Gasteiger partial charge in [0.2, 0.25) is 0 Å². The first kappa shape index (κ1) is 26.9. The largest absolute Gasteiger partial charge is 0.338 e. The molecule has 2 amide bonds. The molecule has 1 N–H and O–H groups in total. The first-order chi connectivity index (χ1) is 19.6. The minimum absolute atomic E-state index is 0.00538. The van der Waals surface area contributed by atoms with E-state index in [2.05, 4.69) is 25.1 Å². The molecule has 0 aromatic heterocycles. The number of nitrogens with one attached hydrogen (secondary N) is 1. The van der Waals surface area contributed by atoms with E-state index < -0.39 is 0 Å². The van der Waals surface area contributed by atoms with Crippen LogP contribution < -0.4 is 9.80 Å².